The van der Waals surface area contributed by atoms with Crippen LogP contribution in [0.25, 0.3) is 0 Å². The summed E-state index contributed by atoms with van der Waals surface area (Å²) in [4.78, 5) is 4.57. The minimum atomic E-state index is -4.07. The molecule has 1 rings (SSSR count). The Hall–Kier alpha value is -0.980. The fourth-order valence-corrected chi connectivity index (χ4v) is 3.22. The van der Waals surface area contributed by atoms with Crippen LogP contribution in [0.15, 0.2) is 4.99 Å². The number of aliphatic hydroxyl groups is 1. The highest BCUT2D eigenvalue weighted by Gasteiger charge is 2.41. The number of aliphatic imine (C=N–C) groups is 1. The van der Waals surface area contributed by atoms with Gasteiger partial charge >= 0.3 is 6.18 Å². The largest absolute Gasteiger partial charge is 0.396 e. The molecule has 1 aliphatic carbocycles. The minimum absolute atomic E-state index is 0.0452. The van der Waals surface area contributed by atoms with E-state index in [0.29, 0.717) is 37.8 Å². The number of hydrogen-bond acceptors (Lipinski definition) is 2. The molecule has 0 amide bonds. The minimum Gasteiger partial charge on any atom is -0.396 e. The summed E-state index contributed by atoms with van der Waals surface area (Å²) >= 11 is 0. The molecular weight excluding hydrogens is 319 g/mol. The van der Waals surface area contributed by atoms with E-state index in [9.17, 15) is 13.2 Å². The van der Waals surface area contributed by atoms with Gasteiger partial charge in [0.1, 0.15) is 0 Å². The van der Waals surface area contributed by atoms with Crippen LogP contribution in [0.2, 0.25) is 0 Å². The molecule has 0 bridgehead atoms. The van der Waals surface area contributed by atoms with E-state index in [-0.39, 0.29) is 25.5 Å². The first kappa shape index (κ1) is 21.1. The van der Waals surface area contributed by atoms with Crippen LogP contribution in [-0.4, -0.2) is 43.0 Å². The first-order chi connectivity index (χ1) is 11.4. The molecule has 1 aliphatic rings. The van der Waals surface area contributed by atoms with Crippen LogP contribution in [0.5, 0.6) is 0 Å². The molecule has 1 atom stereocenters. The number of guanidine groups is 1. The average Bonchev–Trinajstić information content (AvgIpc) is 2.52. The predicted molar refractivity (Wildman–Crippen MR) is 91.0 cm³/mol. The first-order valence-corrected chi connectivity index (χ1v) is 9.13. The Morgan fingerprint density at radius 2 is 1.83 bits per heavy atom. The number of rotatable bonds is 8. The fraction of sp³-hybridized carbons (Fsp3) is 0.941. The van der Waals surface area contributed by atoms with Crippen molar-refractivity contribution in [3.05, 3.63) is 0 Å². The zero-order valence-electron chi connectivity index (χ0n) is 14.8. The summed E-state index contributed by atoms with van der Waals surface area (Å²) in [6, 6.07) is 0.0452. The number of nitrogens with zero attached hydrogens (tertiary/aromatic N) is 1. The lowest BCUT2D eigenvalue weighted by atomic mass is 9.85. The Morgan fingerprint density at radius 3 is 2.33 bits per heavy atom. The van der Waals surface area contributed by atoms with Gasteiger partial charge in [-0.1, -0.05) is 13.3 Å². The molecule has 142 valence electrons. The van der Waals surface area contributed by atoms with Crippen molar-refractivity contribution in [2.45, 2.75) is 71.0 Å². The van der Waals surface area contributed by atoms with Crippen molar-refractivity contribution >= 4 is 5.96 Å². The smallest absolute Gasteiger partial charge is 0.391 e. The maximum Gasteiger partial charge on any atom is 0.391 e. The quantitative estimate of drug-likeness (QED) is 0.464. The summed E-state index contributed by atoms with van der Waals surface area (Å²) in [5, 5.41) is 15.6. The number of halogens is 3. The molecule has 0 spiro atoms. The van der Waals surface area contributed by atoms with Gasteiger partial charge in [0, 0.05) is 25.7 Å². The second kappa shape index (κ2) is 10.8. The molecular formula is C17H32F3N3O. The summed E-state index contributed by atoms with van der Waals surface area (Å²) in [6.45, 7) is 5.57. The van der Waals surface area contributed by atoms with Crippen molar-refractivity contribution in [2.75, 3.05) is 19.7 Å². The van der Waals surface area contributed by atoms with Crippen LogP contribution >= 0.6 is 0 Å². The Morgan fingerprint density at radius 1 is 1.17 bits per heavy atom. The molecule has 0 radical (unpaired) electrons. The van der Waals surface area contributed by atoms with Gasteiger partial charge in [0.25, 0.3) is 0 Å². The lowest BCUT2D eigenvalue weighted by molar-refractivity contribution is -0.182. The molecule has 0 aromatic carbocycles. The van der Waals surface area contributed by atoms with Crippen LogP contribution in [0, 0.1) is 11.8 Å². The Balaban J connectivity index is 2.52. The van der Waals surface area contributed by atoms with Crippen molar-refractivity contribution < 1.29 is 18.3 Å². The molecule has 1 saturated carbocycles. The molecule has 24 heavy (non-hydrogen) atoms. The van der Waals surface area contributed by atoms with Crippen LogP contribution < -0.4 is 10.6 Å². The van der Waals surface area contributed by atoms with Crippen LogP contribution in [0.3, 0.4) is 0 Å². The van der Waals surface area contributed by atoms with E-state index in [4.69, 9.17) is 5.11 Å². The normalized spacial score (nSPS) is 23.8. The zero-order chi connectivity index (χ0) is 18.0. The van der Waals surface area contributed by atoms with Gasteiger partial charge in [-0.2, -0.15) is 13.2 Å². The third-order valence-corrected chi connectivity index (χ3v) is 4.62. The molecule has 0 aliphatic heterocycles. The molecule has 1 fully saturated rings. The van der Waals surface area contributed by atoms with Crippen molar-refractivity contribution in [3.8, 4) is 0 Å². The molecule has 0 aromatic rings. The molecule has 1 unspecified atom stereocenters. The van der Waals surface area contributed by atoms with E-state index >= 15 is 0 Å². The fourth-order valence-electron chi connectivity index (χ4n) is 3.22. The predicted octanol–water partition coefficient (Wildman–Crippen LogP) is 3.46. The molecule has 0 saturated heterocycles. The van der Waals surface area contributed by atoms with Gasteiger partial charge in [-0.15, -0.1) is 0 Å². The third kappa shape index (κ3) is 7.73. The lowest BCUT2D eigenvalue weighted by Crippen LogP contribution is -2.46. The van der Waals surface area contributed by atoms with Crippen molar-refractivity contribution in [1.29, 1.82) is 0 Å². The van der Waals surface area contributed by atoms with E-state index in [2.05, 4.69) is 22.5 Å². The third-order valence-electron chi connectivity index (χ3n) is 4.62. The van der Waals surface area contributed by atoms with E-state index in [0.717, 1.165) is 19.3 Å². The van der Waals surface area contributed by atoms with Crippen molar-refractivity contribution in [3.63, 3.8) is 0 Å². The molecule has 0 aromatic heterocycles. The number of aliphatic hydroxyl groups excluding tert-OH is 1. The monoisotopic (exact) mass is 351 g/mol. The average molecular weight is 351 g/mol. The summed E-state index contributed by atoms with van der Waals surface area (Å²) in [5.74, 6) is -0.142. The van der Waals surface area contributed by atoms with Gasteiger partial charge in [-0.25, -0.2) is 0 Å². The summed E-state index contributed by atoms with van der Waals surface area (Å²) in [5.41, 5.74) is 0. The lowest BCUT2D eigenvalue weighted by Gasteiger charge is -2.31. The Kier molecular flexibility index (Phi) is 9.48. The maximum absolute atomic E-state index is 12.7. The van der Waals surface area contributed by atoms with E-state index < -0.39 is 12.1 Å². The maximum atomic E-state index is 12.7. The van der Waals surface area contributed by atoms with E-state index in [1.165, 1.54) is 0 Å². The molecule has 7 heteroatoms. The standard InChI is InChI=1S/C17H32F3N3O/c1-3-5-13(10-11-24)12-22-16(21-4-2)23-15-8-6-14(7-9-15)17(18,19)20/h13-15,24H,3-12H2,1-2H3,(H2,21,22,23). The van der Waals surface area contributed by atoms with Gasteiger partial charge in [0.05, 0.1) is 5.92 Å². The Labute approximate surface area is 143 Å². The molecule has 0 heterocycles. The van der Waals surface area contributed by atoms with Gasteiger partial charge in [-0.3, -0.25) is 4.99 Å². The molecule has 4 nitrogen and oxygen atoms in total. The van der Waals surface area contributed by atoms with Crippen LogP contribution in [0.1, 0.15) is 58.8 Å². The van der Waals surface area contributed by atoms with E-state index in [1.54, 1.807) is 0 Å². The van der Waals surface area contributed by atoms with Gasteiger partial charge in [0.2, 0.25) is 0 Å². The van der Waals surface area contributed by atoms with Crippen molar-refractivity contribution in [1.82, 2.24) is 10.6 Å². The highest BCUT2D eigenvalue weighted by molar-refractivity contribution is 5.80. The van der Waals surface area contributed by atoms with Gasteiger partial charge in [-0.05, 0) is 51.4 Å². The number of hydrogen-bond donors (Lipinski definition) is 3. The van der Waals surface area contributed by atoms with Crippen LogP contribution in [-0.2, 0) is 0 Å². The second-order valence-electron chi connectivity index (χ2n) is 6.62. The topological polar surface area (TPSA) is 56.7 Å². The summed E-state index contributed by atoms with van der Waals surface area (Å²) in [6.07, 6.45) is 0.126. The van der Waals surface area contributed by atoms with Crippen molar-refractivity contribution in [2.24, 2.45) is 16.8 Å². The van der Waals surface area contributed by atoms with Crippen LogP contribution in [0.4, 0.5) is 13.2 Å². The summed E-state index contributed by atoms with van der Waals surface area (Å²) in [7, 11) is 0. The highest BCUT2D eigenvalue weighted by Crippen LogP contribution is 2.37. The number of alkyl halides is 3. The summed E-state index contributed by atoms with van der Waals surface area (Å²) < 4.78 is 38.2. The van der Waals surface area contributed by atoms with Gasteiger partial charge < -0.3 is 15.7 Å². The SMILES string of the molecule is CCCC(CCO)CN=C(NCC)NC1CCC(C(F)(F)F)CC1. The molecule has 3 N–H and O–H groups in total. The highest BCUT2D eigenvalue weighted by atomic mass is 19.4. The number of nitrogens with one attached hydrogen (secondary N) is 2. The van der Waals surface area contributed by atoms with E-state index in [1.807, 2.05) is 6.92 Å². The second-order valence-corrected chi connectivity index (χ2v) is 6.62. The van der Waals surface area contributed by atoms with Gasteiger partial charge in [0.15, 0.2) is 5.96 Å². The zero-order valence-corrected chi connectivity index (χ0v) is 14.8. The Bertz CT molecular complexity index is 361. The first-order valence-electron chi connectivity index (χ1n) is 9.13.